The van der Waals surface area contributed by atoms with Gasteiger partial charge in [-0.2, -0.15) is 4.99 Å². The molecule has 9 heteroatoms. The van der Waals surface area contributed by atoms with Crippen LogP contribution in [0.4, 0.5) is 10.7 Å². The maximum atomic E-state index is 11.5. The van der Waals surface area contributed by atoms with Gasteiger partial charge in [0.25, 0.3) is 0 Å². The van der Waals surface area contributed by atoms with Crippen molar-refractivity contribution in [2.45, 2.75) is 13.0 Å². The van der Waals surface area contributed by atoms with Gasteiger partial charge in [-0.1, -0.05) is 24.3 Å². The Morgan fingerprint density at radius 1 is 1.00 bits per heavy atom. The van der Waals surface area contributed by atoms with Crippen molar-refractivity contribution < 1.29 is 4.79 Å². The Morgan fingerprint density at radius 2 is 1.79 bits per heavy atom. The van der Waals surface area contributed by atoms with Gasteiger partial charge in [0.05, 0.1) is 0 Å². The fourth-order valence-corrected chi connectivity index (χ4v) is 2.63. The van der Waals surface area contributed by atoms with Gasteiger partial charge in [-0.15, -0.1) is 0 Å². The summed E-state index contributed by atoms with van der Waals surface area (Å²) in [6.07, 6.45) is 7.96. The average molecular weight is 390 g/mol. The first-order chi connectivity index (χ1) is 14.1. The van der Waals surface area contributed by atoms with Gasteiger partial charge >= 0.3 is 6.03 Å². The van der Waals surface area contributed by atoms with E-state index in [1.807, 2.05) is 42.6 Å². The van der Waals surface area contributed by atoms with Gasteiger partial charge < -0.3 is 22.1 Å². The average Bonchev–Trinajstić information content (AvgIpc) is 2.73. The smallest absolute Gasteiger partial charge is 0.344 e. The van der Waals surface area contributed by atoms with Crippen LogP contribution < -0.4 is 22.1 Å². The van der Waals surface area contributed by atoms with E-state index in [1.165, 1.54) is 0 Å². The first-order valence-corrected chi connectivity index (χ1v) is 9.02. The molecule has 2 amide bonds. The number of hydrogen-bond acceptors (Lipinski definition) is 5. The number of aliphatic imine (C=N–C) groups is 1. The molecule has 29 heavy (non-hydrogen) atoms. The molecule has 2 heterocycles. The third-order valence-corrected chi connectivity index (χ3v) is 4.01. The Hall–Kier alpha value is -4.01. The molecule has 0 aliphatic carbocycles. The number of carbonyl (C=O) groups is 1. The number of amides is 2. The zero-order chi connectivity index (χ0) is 20.5. The van der Waals surface area contributed by atoms with Gasteiger partial charge in [0.1, 0.15) is 0 Å². The Labute approximate surface area is 168 Å². The van der Waals surface area contributed by atoms with Gasteiger partial charge in [0, 0.05) is 43.4 Å². The number of nitrogens with one attached hydrogen (secondary N) is 2. The summed E-state index contributed by atoms with van der Waals surface area (Å²) in [4.78, 5) is 27.8. The zero-order valence-electron chi connectivity index (χ0n) is 15.7. The number of urea groups is 1. The van der Waals surface area contributed by atoms with Gasteiger partial charge in [0.15, 0.2) is 5.96 Å². The SMILES string of the molecule is NC(N)=NC(=O)NCc1cccc(-c2cnc(NCCc3cccnc3)nc2)c1. The van der Waals surface area contributed by atoms with E-state index in [2.05, 4.69) is 30.6 Å². The number of nitrogens with two attached hydrogens (primary N) is 2. The van der Waals surface area contributed by atoms with Gasteiger partial charge in [-0.3, -0.25) is 4.98 Å². The fraction of sp³-hybridized carbons (Fsp3) is 0.150. The number of carbonyl (C=O) groups excluding carboxylic acids is 1. The van der Waals surface area contributed by atoms with E-state index >= 15 is 0 Å². The number of pyridine rings is 1. The summed E-state index contributed by atoms with van der Waals surface area (Å²) in [5, 5.41) is 5.82. The molecule has 0 aliphatic heterocycles. The van der Waals surface area contributed by atoms with E-state index in [4.69, 9.17) is 11.5 Å². The third kappa shape index (κ3) is 6.28. The fourth-order valence-electron chi connectivity index (χ4n) is 2.63. The van der Waals surface area contributed by atoms with Crippen molar-refractivity contribution in [3.63, 3.8) is 0 Å². The summed E-state index contributed by atoms with van der Waals surface area (Å²) in [7, 11) is 0. The van der Waals surface area contributed by atoms with Crippen molar-refractivity contribution in [2.24, 2.45) is 16.5 Å². The van der Waals surface area contributed by atoms with Crippen LogP contribution >= 0.6 is 0 Å². The van der Waals surface area contributed by atoms with Crippen molar-refractivity contribution in [3.05, 3.63) is 72.3 Å². The summed E-state index contributed by atoms with van der Waals surface area (Å²) in [6.45, 7) is 1.02. The quantitative estimate of drug-likeness (QED) is 0.355. The molecule has 3 rings (SSSR count). The Morgan fingerprint density at radius 3 is 2.52 bits per heavy atom. The molecule has 9 nitrogen and oxygen atoms in total. The second-order valence-corrected chi connectivity index (χ2v) is 6.23. The summed E-state index contributed by atoms with van der Waals surface area (Å²) < 4.78 is 0. The second kappa shape index (κ2) is 9.79. The van der Waals surface area contributed by atoms with E-state index in [0.29, 0.717) is 12.5 Å². The second-order valence-electron chi connectivity index (χ2n) is 6.23. The van der Waals surface area contributed by atoms with E-state index in [0.717, 1.165) is 35.2 Å². The third-order valence-electron chi connectivity index (χ3n) is 4.01. The lowest BCUT2D eigenvalue weighted by Gasteiger charge is -2.08. The van der Waals surface area contributed by atoms with Crippen LogP contribution in [0, 0.1) is 0 Å². The molecule has 6 N–H and O–H groups in total. The molecule has 1 aromatic carbocycles. The van der Waals surface area contributed by atoms with Crippen LogP contribution in [0.25, 0.3) is 11.1 Å². The molecule has 0 bridgehead atoms. The number of nitrogens with zero attached hydrogens (tertiary/aromatic N) is 4. The van der Waals surface area contributed by atoms with Gasteiger partial charge in [-0.05, 0) is 35.2 Å². The zero-order valence-corrected chi connectivity index (χ0v) is 15.7. The molecule has 0 unspecified atom stereocenters. The molecule has 3 aromatic rings. The van der Waals surface area contributed by atoms with Crippen LogP contribution in [0.1, 0.15) is 11.1 Å². The number of rotatable bonds is 7. The van der Waals surface area contributed by atoms with Gasteiger partial charge in [0.2, 0.25) is 5.95 Å². The normalized spacial score (nSPS) is 10.2. The van der Waals surface area contributed by atoms with Crippen LogP contribution in [0.15, 0.2) is 66.2 Å². The van der Waals surface area contributed by atoms with Crippen LogP contribution in [-0.4, -0.2) is 33.5 Å². The van der Waals surface area contributed by atoms with E-state index < -0.39 is 6.03 Å². The molecule has 0 fully saturated rings. The lowest BCUT2D eigenvalue weighted by atomic mass is 10.1. The molecule has 0 radical (unpaired) electrons. The predicted octanol–water partition coefficient (Wildman–Crippen LogP) is 1.68. The highest BCUT2D eigenvalue weighted by molar-refractivity contribution is 5.90. The summed E-state index contributed by atoms with van der Waals surface area (Å²) in [6, 6.07) is 11.1. The minimum Gasteiger partial charge on any atom is -0.370 e. The van der Waals surface area contributed by atoms with Crippen molar-refractivity contribution >= 4 is 17.9 Å². The summed E-state index contributed by atoms with van der Waals surface area (Å²) >= 11 is 0. The molecular weight excluding hydrogens is 368 g/mol. The maximum Gasteiger partial charge on any atom is 0.344 e. The van der Waals surface area contributed by atoms with E-state index in [1.54, 1.807) is 18.6 Å². The van der Waals surface area contributed by atoms with Crippen LogP contribution in [0.3, 0.4) is 0 Å². The highest BCUT2D eigenvalue weighted by Crippen LogP contribution is 2.19. The highest BCUT2D eigenvalue weighted by atomic mass is 16.2. The van der Waals surface area contributed by atoms with Crippen LogP contribution in [-0.2, 0) is 13.0 Å². The molecule has 2 aromatic heterocycles. The standard InChI is InChI=1S/C20H22N8O/c21-18(22)28-20(29)27-11-15-3-1-5-16(9-15)17-12-25-19(26-13-17)24-8-6-14-4-2-7-23-10-14/h1-5,7,9-10,12-13H,6,8,11H2,(H,24,25,26)(H5,21,22,27,28,29). The number of hydrogen-bond donors (Lipinski definition) is 4. The van der Waals surface area contributed by atoms with E-state index in [-0.39, 0.29) is 5.96 Å². The minimum atomic E-state index is -0.583. The maximum absolute atomic E-state index is 11.5. The molecule has 0 saturated heterocycles. The topological polar surface area (TPSA) is 144 Å². The lowest BCUT2D eigenvalue weighted by Crippen LogP contribution is -2.28. The van der Waals surface area contributed by atoms with Crippen molar-refractivity contribution in [1.29, 1.82) is 0 Å². The predicted molar refractivity (Wildman–Crippen MR) is 112 cm³/mol. The lowest BCUT2D eigenvalue weighted by molar-refractivity contribution is 0.249. The molecule has 0 aliphatic rings. The number of aromatic nitrogens is 3. The monoisotopic (exact) mass is 390 g/mol. The van der Waals surface area contributed by atoms with Crippen LogP contribution in [0.5, 0.6) is 0 Å². The minimum absolute atomic E-state index is 0.275. The molecule has 0 spiro atoms. The Kier molecular flexibility index (Phi) is 6.66. The first-order valence-electron chi connectivity index (χ1n) is 9.02. The molecule has 148 valence electrons. The molecule has 0 saturated carbocycles. The Balaban J connectivity index is 1.56. The van der Waals surface area contributed by atoms with Crippen LogP contribution in [0.2, 0.25) is 0 Å². The number of guanidine groups is 1. The highest BCUT2D eigenvalue weighted by Gasteiger charge is 2.04. The number of anilines is 1. The van der Waals surface area contributed by atoms with Crippen molar-refractivity contribution in [1.82, 2.24) is 20.3 Å². The molecule has 0 atom stereocenters. The largest absolute Gasteiger partial charge is 0.370 e. The number of benzene rings is 1. The van der Waals surface area contributed by atoms with E-state index in [9.17, 15) is 4.79 Å². The summed E-state index contributed by atoms with van der Waals surface area (Å²) in [5.74, 6) is 0.292. The van der Waals surface area contributed by atoms with Crippen molar-refractivity contribution in [3.8, 4) is 11.1 Å². The first kappa shape index (κ1) is 19.7. The summed E-state index contributed by atoms with van der Waals surface area (Å²) in [5.41, 5.74) is 14.2. The van der Waals surface area contributed by atoms with Gasteiger partial charge in [-0.25, -0.2) is 14.8 Å². The Bertz CT molecular complexity index is 969. The molecular formula is C20H22N8O. The van der Waals surface area contributed by atoms with Crippen molar-refractivity contribution in [2.75, 3.05) is 11.9 Å².